The van der Waals surface area contributed by atoms with Gasteiger partial charge >= 0.3 is 0 Å². The number of ketones is 1. The van der Waals surface area contributed by atoms with E-state index in [1.54, 1.807) is 6.92 Å². The molecule has 4 rings (SSSR count). The van der Waals surface area contributed by atoms with Gasteiger partial charge in [-0.25, -0.2) is 0 Å². The summed E-state index contributed by atoms with van der Waals surface area (Å²) in [7, 11) is 0. The lowest BCUT2D eigenvalue weighted by Crippen LogP contribution is -1.97. The van der Waals surface area contributed by atoms with Gasteiger partial charge in [0.1, 0.15) is 5.75 Å². The second kappa shape index (κ2) is 6.57. The van der Waals surface area contributed by atoms with Gasteiger partial charge in [-0.15, -0.1) is 0 Å². The van der Waals surface area contributed by atoms with Crippen molar-refractivity contribution < 1.29 is 14.1 Å². The second-order valence-electron chi connectivity index (χ2n) is 5.52. The number of carbonyl (C=O) groups excluding carboxylic acids is 1. The van der Waals surface area contributed by atoms with Gasteiger partial charge in [0.15, 0.2) is 6.61 Å². The number of nitrogens with zero attached hydrogens (tertiary/aromatic N) is 2. The quantitative estimate of drug-likeness (QED) is 0.654. The number of hydrogen-bond donors (Lipinski definition) is 0. The fraction of sp³-hybridized carbons (Fsp3) is 0.105. The average molecular weight is 350 g/mol. The van der Waals surface area contributed by atoms with Gasteiger partial charge in [-0.1, -0.05) is 41.2 Å². The number of thioether (sulfide) groups is 1. The lowest BCUT2D eigenvalue weighted by Gasteiger charge is -2.03. The Morgan fingerprint density at radius 3 is 2.68 bits per heavy atom. The van der Waals surface area contributed by atoms with E-state index in [0.29, 0.717) is 17.5 Å². The average Bonchev–Trinajstić information content (AvgIpc) is 3.18. The highest BCUT2D eigenvalue weighted by Gasteiger charge is 2.24. The Hall–Kier alpha value is -2.86. The number of aryl methyl sites for hydroxylation is 1. The molecule has 1 aliphatic heterocycles. The van der Waals surface area contributed by atoms with Crippen LogP contribution < -0.4 is 4.74 Å². The Morgan fingerprint density at radius 1 is 1.16 bits per heavy atom. The molecule has 1 aliphatic rings. The van der Waals surface area contributed by atoms with E-state index in [2.05, 4.69) is 10.1 Å². The normalized spacial score (nSPS) is 14.8. The first-order chi connectivity index (χ1) is 12.2. The lowest BCUT2D eigenvalue weighted by molar-refractivity contribution is 0.104. The molecule has 6 heteroatoms. The molecule has 124 valence electrons. The van der Waals surface area contributed by atoms with Crippen molar-refractivity contribution in [3.8, 4) is 5.75 Å². The summed E-state index contributed by atoms with van der Waals surface area (Å²) in [6, 6.07) is 15.2. The van der Waals surface area contributed by atoms with Crippen LogP contribution in [0.4, 0.5) is 0 Å². The van der Waals surface area contributed by atoms with Gasteiger partial charge in [0.05, 0.1) is 4.91 Å². The number of fused-ring (bicyclic) bond motifs is 1. The van der Waals surface area contributed by atoms with Gasteiger partial charge in [-0.2, -0.15) is 4.98 Å². The topological polar surface area (TPSA) is 65.2 Å². The van der Waals surface area contributed by atoms with Crippen LogP contribution in [-0.2, 0) is 6.61 Å². The minimum absolute atomic E-state index is 0.0772. The Labute approximate surface area is 148 Å². The van der Waals surface area contributed by atoms with Gasteiger partial charge < -0.3 is 9.26 Å². The molecular formula is C19H14N2O3S. The molecule has 3 aromatic rings. The zero-order valence-electron chi connectivity index (χ0n) is 13.4. The molecule has 0 spiro atoms. The molecule has 5 nitrogen and oxygen atoms in total. The van der Waals surface area contributed by atoms with Crippen molar-refractivity contribution in [3.63, 3.8) is 0 Å². The molecule has 0 saturated carbocycles. The Morgan fingerprint density at radius 2 is 1.96 bits per heavy atom. The van der Waals surface area contributed by atoms with Gasteiger partial charge in [0.2, 0.25) is 17.5 Å². The highest BCUT2D eigenvalue weighted by molar-refractivity contribution is 8.04. The predicted molar refractivity (Wildman–Crippen MR) is 94.4 cm³/mol. The highest BCUT2D eigenvalue weighted by Crippen LogP contribution is 2.40. The van der Waals surface area contributed by atoms with Crippen LogP contribution in [0.2, 0.25) is 0 Å². The summed E-state index contributed by atoms with van der Waals surface area (Å²) in [6.45, 7) is 1.99. The number of allylic oxidation sites excluding steroid dienone is 1. The van der Waals surface area contributed by atoms with Gasteiger partial charge in [-0.05, 0) is 35.9 Å². The van der Waals surface area contributed by atoms with E-state index >= 15 is 0 Å². The molecule has 0 N–H and O–H groups in total. The molecule has 0 aliphatic carbocycles. The number of aromatic nitrogens is 2. The fourth-order valence-corrected chi connectivity index (χ4v) is 3.55. The summed E-state index contributed by atoms with van der Waals surface area (Å²) < 4.78 is 10.5. The van der Waals surface area contributed by atoms with Crippen molar-refractivity contribution in [3.05, 3.63) is 76.3 Å². The number of benzene rings is 2. The maximum absolute atomic E-state index is 12.4. The smallest absolute Gasteiger partial charge is 0.223 e. The molecule has 0 unspecified atom stereocenters. The zero-order valence-corrected chi connectivity index (χ0v) is 14.2. The van der Waals surface area contributed by atoms with Crippen molar-refractivity contribution in [1.29, 1.82) is 0 Å². The largest absolute Gasteiger partial charge is 0.485 e. The summed E-state index contributed by atoms with van der Waals surface area (Å²) in [4.78, 5) is 18.2. The molecule has 25 heavy (non-hydrogen) atoms. The van der Waals surface area contributed by atoms with Crippen LogP contribution in [0.1, 0.15) is 27.6 Å². The Balaban J connectivity index is 1.45. The van der Waals surface area contributed by atoms with Crippen molar-refractivity contribution in [2.45, 2.75) is 18.4 Å². The van der Waals surface area contributed by atoms with Crippen LogP contribution in [0.5, 0.6) is 5.75 Å². The minimum atomic E-state index is 0.0772. The molecule has 0 bridgehead atoms. The van der Waals surface area contributed by atoms with Crippen LogP contribution in [0.3, 0.4) is 0 Å². The summed E-state index contributed by atoms with van der Waals surface area (Å²) >= 11 is 1.51. The molecule has 0 saturated heterocycles. The summed E-state index contributed by atoms with van der Waals surface area (Å²) in [5.41, 5.74) is 1.72. The van der Waals surface area contributed by atoms with E-state index in [1.807, 2.05) is 54.6 Å². The van der Waals surface area contributed by atoms with Crippen molar-refractivity contribution in [2.75, 3.05) is 0 Å². The maximum Gasteiger partial charge on any atom is 0.223 e. The number of Topliss-reactive ketones (excluding diaryl/α,β-unsaturated/α-hetero) is 1. The van der Waals surface area contributed by atoms with E-state index in [9.17, 15) is 4.79 Å². The van der Waals surface area contributed by atoms with Gasteiger partial charge in [0, 0.05) is 17.4 Å². The molecule has 0 amide bonds. The SMILES string of the molecule is Cc1nc(COc2ccc(C=C3Sc4ccccc4C3=O)cc2)no1. The van der Waals surface area contributed by atoms with E-state index in [1.165, 1.54) is 11.8 Å². The standard InChI is InChI=1S/C19H14N2O3S/c1-12-20-18(21-24-12)11-23-14-8-6-13(7-9-14)10-17-19(22)15-4-2-3-5-16(15)25-17/h2-10H,11H2,1H3. The minimum Gasteiger partial charge on any atom is -0.485 e. The van der Waals surface area contributed by atoms with E-state index in [4.69, 9.17) is 9.26 Å². The first-order valence-corrected chi connectivity index (χ1v) is 8.56. The Kier molecular flexibility index (Phi) is 4.11. The predicted octanol–water partition coefficient (Wildman–Crippen LogP) is 4.29. The first-order valence-electron chi connectivity index (χ1n) is 7.74. The summed E-state index contributed by atoms with van der Waals surface area (Å²) in [6.07, 6.45) is 1.90. The van der Waals surface area contributed by atoms with Crippen LogP contribution in [0, 0.1) is 6.92 Å². The summed E-state index contributed by atoms with van der Waals surface area (Å²) in [5, 5.41) is 3.78. The van der Waals surface area contributed by atoms with Gasteiger partial charge in [0.25, 0.3) is 0 Å². The van der Waals surface area contributed by atoms with Crippen LogP contribution in [0.15, 0.2) is 62.9 Å². The number of hydrogen-bond acceptors (Lipinski definition) is 6. The summed E-state index contributed by atoms with van der Waals surface area (Å²) in [5.74, 6) is 1.81. The first kappa shape index (κ1) is 15.7. The zero-order chi connectivity index (χ0) is 17.2. The van der Waals surface area contributed by atoms with Gasteiger partial charge in [-0.3, -0.25) is 4.79 Å². The van der Waals surface area contributed by atoms with Crippen LogP contribution in [0.25, 0.3) is 6.08 Å². The fourth-order valence-electron chi connectivity index (χ4n) is 2.50. The number of carbonyl (C=O) groups is 1. The van der Waals surface area contributed by atoms with E-state index in [-0.39, 0.29) is 12.4 Å². The maximum atomic E-state index is 12.4. The van der Waals surface area contributed by atoms with E-state index in [0.717, 1.165) is 20.9 Å². The molecule has 2 heterocycles. The molecule has 0 fully saturated rings. The second-order valence-corrected chi connectivity index (χ2v) is 6.61. The van der Waals surface area contributed by atoms with Crippen molar-refractivity contribution >= 4 is 23.6 Å². The third kappa shape index (κ3) is 3.34. The van der Waals surface area contributed by atoms with Crippen LogP contribution in [-0.4, -0.2) is 15.9 Å². The molecule has 0 radical (unpaired) electrons. The Bertz CT molecular complexity index is 961. The van der Waals surface area contributed by atoms with Crippen LogP contribution >= 0.6 is 11.8 Å². The third-order valence-corrected chi connectivity index (χ3v) is 4.79. The third-order valence-electron chi connectivity index (χ3n) is 3.69. The molecule has 1 aromatic heterocycles. The molecule has 2 aromatic carbocycles. The molecular weight excluding hydrogens is 336 g/mol. The van der Waals surface area contributed by atoms with Crippen molar-refractivity contribution in [2.24, 2.45) is 0 Å². The molecule has 0 atom stereocenters. The van der Waals surface area contributed by atoms with E-state index < -0.39 is 0 Å². The van der Waals surface area contributed by atoms with Crippen molar-refractivity contribution in [1.82, 2.24) is 10.1 Å². The highest BCUT2D eigenvalue weighted by atomic mass is 32.2. The number of ether oxygens (including phenoxy) is 1. The monoisotopic (exact) mass is 350 g/mol. The number of rotatable bonds is 4. The lowest BCUT2D eigenvalue weighted by atomic mass is 10.1.